The van der Waals surface area contributed by atoms with E-state index in [1.165, 1.54) is 83.6 Å². The summed E-state index contributed by atoms with van der Waals surface area (Å²) in [6.45, 7) is 20.7. The number of aromatic nitrogens is 8. The molecule has 4 atom stereocenters. The minimum Gasteiger partial charge on any atom is -0.340 e. The lowest BCUT2D eigenvalue weighted by Crippen LogP contribution is -2.51. The number of fused-ring (bicyclic) bond motifs is 8. The summed E-state index contributed by atoms with van der Waals surface area (Å²) in [6, 6.07) is 54.8. The second kappa shape index (κ2) is 40.0. The lowest BCUT2D eigenvalue weighted by atomic mass is 9.94. The number of nitrogens with one attached hydrogen (secondary N) is 2. The highest BCUT2D eigenvalue weighted by Gasteiger charge is 2.39. The maximum Gasteiger partial charge on any atom is 0.321 e. The molecule has 4 aliphatic heterocycles. The molecular formula is C102H106BrClN18O4. The van der Waals surface area contributed by atoms with Crippen LogP contribution in [0.2, 0.25) is 5.02 Å². The first kappa shape index (κ1) is 86.0. The molecule has 126 heavy (non-hydrogen) atoms. The molecule has 0 saturated carbocycles. The Bertz CT molecular complexity index is 5760. The molecule has 12 heterocycles. The third kappa shape index (κ3) is 20.2. The monoisotopic (exact) mass is 1760 g/mol. The number of halogens is 2. The Kier molecular flexibility index (Phi) is 27.3. The van der Waals surface area contributed by atoms with Gasteiger partial charge in [-0.3, -0.25) is 69.1 Å². The average molecular weight is 1760 g/mol. The third-order valence-electron chi connectivity index (χ3n) is 25.5. The first-order chi connectivity index (χ1) is 61.6. The zero-order valence-electron chi connectivity index (χ0n) is 71.9. The van der Waals surface area contributed by atoms with Gasteiger partial charge in [0.05, 0.1) is 83.6 Å². The van der Waals surface area contributed by atoms with Gasteiger partial charge in [0.2, 0.25) is 11.8 Å². The number of pyridine rings is 8. The highest BCUT2D eigenvalue weighted by molar-refractivity contribution is 9.10. The van der Waals surface area contributed by atoms with Crippen molar-refractivity contribution >= 4 is 74.9 Å². The summed E-state index contributed by atoms with van der Waals surface area (Å²) in [5.74, 6) is 0.334. The quantitative estimate of drug-likeness (QED) is 0.130. The molecule has 4 aromatic carbocycles. The van der Waals surface area contributed by atoms with Gasteiger partial charge < -0.3 is 30.2 Å². The summed E-state index contributed by atoms with van der Waals surface area (Å²) < 4.78 is 1.02. The highest BCUT2D eigenvalue weighted by Crippen LogP contribution is 2.43. The van der Waals surface area contributed by atoms with Crippen LogP contribution in [0.4, 0.5) is 21.0 Å². The SMILES string of the molecule is Cc1ccc2c(c1)C=Cc1cccnc1C2N1CCN(C(=O)Cc2cccnc2)CC1.Cc1ccc2c(c1)CCc1c(Cl)ccnc1C2N1CCN(C(=O)Cc2cccnc2)CC1.Cc1ccc2c(c1)CCc1cc(Br)cnc1C2N1CCN(C(=O)Nc2cccnc2)CC1.Cc1ccc2c(c1)CCc1cccnc1[C@H]2N1CCN(C(=O)Nc2cccnc2)CC1. The van der Waals surface area contributed by atoms with Crippen LogP contribution in [0.25, 0.3) is 12.2 Å². The Morgan fingerprint density at radius 1 is 0.349 bits per heavy atom. The molecule has 24 heteroatoms. The molecule has 8 aromatic heterocycles. The van der Waals surface area contributed by atoms with Crippen molar-refractivity contribution in [1.82, 2.24) is 79.1 Å². The number of anilines is 2. The van der Waals surface area contributed by atoms with Gasteiger partial charge in [-0.15, -0.1) is 0 Å². The van der Waals surface area contributed by atoms with Gasteiger partial charge in [-0.25, -0.2) is 9.59 Å². The van der Waals surface area contributed by atoms with Crippen molar-refractivity contribution in [3.8, 4) is 0 Å². The van der Waals surface area contributed by atoms with Gasteiger partial charge in [-0.05, 0) is 221 Å². The predicted octanol–water partition coefficient (Wildman–Crippen LogP) is 16.2. The van der Waals surface area contributed by atoms with E-state index in [4.69, 9.17) is 31.5 Å². The second-order valence-electron chi connectivity index (χ2n) is 33.9. The Hall–Kier alpha value is -12.1. The molecule has 2 N–H and O–H groups in total. The molecule has 8 aliphatic rings. The summed E-state index contributed by atoms with van der Waals surface area (Å²) >= 11 is 10.2. The molecule has 6 amide bonds. The van der Waals surface area contributed by atoms with E-state index in [9.17, 15) is 19.2 Å². The summed E-state index contributed by atoms with van der Waals surface area (Å²) in [5, 5.41) is 6.70. The molecule has 0 radical (unpaired) electrons. The molecule has 642 valence electrons. The summed E-state index contributed by atoms with van der Waals surface area (Å²) in [7, 11) is 0. The number of hydrogen-bond acceptors (Lipinski definition) is 16. The first-order valence-corrected chi connectivity index (χ1v) is 45.2. The van der Waals surface area contributed by atoms with Crippen molar-refractivity contribution in [1.29, 1.82) is 0 Å². The predicted molar refractivity (Wildman–Crippen MR) is 498 cm³/mol. The summed E-state index contributed by atoms with van der Waals surface area (Å²) in [4.78, 5) is 104. The van der Waals surface area contributed by atoms with Crippen molar-refractivity contribution < 1.29 is 19.2 Å². The number of aryl methyl sites for hydroxylation is 9. The standard InChI is InChI=1S/C26H27ClN4O.C26H26N4O.C25H26BrN5O.C25H27N5O/c1-18-4-6-21-20(15-18)5-7-22-23(27)8-10-29-25(22)26(21)31-13-11-30(12-14-31)24(32)16-19-3-2-9-28-17-19;1-19-6-9-23-22(16-19)8-7-21-5-3-11-28-25(21)26(23)30-14-12-29(13-15-30)24(31)17-20-4-2-10-27-18-20;1-17-4-7-22-18(13-17)5-6-19-14-20(26)15-28-23(19)24(22)30-9-11-31(12-10-30)25(32)29-21-3-2-8-27-16-21;1-18-6-9-22-20(16-18)8-7-19-4-2-11-27-23(19)24(22)29-12-14-30(15-13-29)25(31)28-21-5-3-10-26-17-21/h2-4,6,8-10,15,17,26H,5,7,11-14,16H2,1H3;2-11,16,18,26H,12-15,17H2,1H3;2-4,7-8,13-16,24H,5-6,9-12H2,1H3,(H,29,32);2-6,9-11,16-17,24H,7-8,12-15H2,1H3,(H,28,31)/t;;;24-/m...0/s1. The van der Waals surface area contributed by atoms with Crippen LogP contribution in [-0.4, -0.2) is 208 Å². The van der Waals surface area contributed by atoms with Crippen LogP contribution in [0, 0.1) is 27.7 Å². The largest absolute Gasteiger partial charge is 0.340 e. The smallest absolute Gasteiger partial charge is 0.321 e. The van der Waals surface area contributed by atoms with E-state index < -0.39 is 0 Å². The topological polar surface area (TPSA) is 221 Å². The van der Waals surface area contributed by atoms with E-state index in [0.717, 1.165) is 164 Å². The van der Waals surface area contributed by atoms with Crippen molar-refractivity contribution in [2.75, 3.05) is 115 Å². The van der Waals surface area contributed by atoms with Crippen LogP contribution in [0.5, 0.6) is 0 Å². The van der Waals surface area contributed by atoms with Crippen LogP contribution < -0.4 is 10.6 Å². The zero-order valence-corrected chi connectivity index (χ0v) is 74.3. The second-order valence-corrected chi connectivity index (χ2v) is 35.2. The molecule has 4 fully saturated rings. The van der Waals surface area contributed by atoms with Gasteiger partial charge in [-0.2, -0.15) is 0 Å². The van der Waals surface area contributed by atoms with Crippen LogP contribution in [0.3, 0.4) is 0 Å². The number of piperazine rings is 4. The molecule has 4 saturated heterocycles. The Morgan fingerprint density at radius 2 is 0.738 bits per heavy atom. The highest BCUT2D eigenvalue weighted by atomic mass is 79.9. The molecular weight excluding hydrogens is 1660 g/mol. The number of carbonyl (C=O) groups excluding carboxylic acids is 4. The van der Waals surface area contributed by atoms with Crippen LogP contribution in [0.1, 0.15) is 147 Å². The van der Waals surface area contributed by atoms with E-state index in [0.29, 0.717) is 52.1 Å². The maximum absolute atomic E-state index is 12.8. The van der Waals surface area contributed by atoms with Crippen LogP contribution in [0.15, 0.2) is 237 Å². The van der Waals surface area contributed by atoms with Crippen LogP contribution >= 0.6 is 27.5 Å². The average Bonchev–Trinajstić information content (AvgIpc) is 1.56. The minimum absolute atomic E-state index is 0.0666. The van der Waals surface area contributed by atoms with E-state index in [1.807, 2.05) is 111 Å². The van der Waals surface area contributed by atoms with E-state index in [1.54, 1.807) is 49.6 Å². The molecule has 0 spiro atoms. The number of hydrogen-bond donors (Lipinski definition) is 2. The van der Waals surface area contributed by atoms with Gasteiger partial charge >= 0.3 is 12.1 Å². The number of rotatable bonds is 10. The summed E-state index contributed by atoms with van der Waals surface area (Å²) in [6.07, 6.45) is 32.4. The molecule has 12 aromatic rings. The van der Waals surface area contributed by atoms with E-state index in [-0.39, 0.29) is 48.0 Å². The molecule has 0 bridgehead atoms. The Labute approximate surface area is 751 Å². The van der Waals surface area contributed by atoms with Gasteiger partial charge in [0.15, 0.2) is 0 Å². The fraction of sp³-hybridized carbons (Fsp3) is 0.314. The number of nitrogens with zero attached hydrogens (tertiary/aromatic N) is 16. The number of urea groups is 2. The van der Waals surface area contributed by atoms with Gasteiger partial charge in [0.1, 0.15) is 0 Å². The third-order valence-corrected chi connectivity index (χ3v) is 26.3. The number of benzene rings is 4. The van der Waals surface area contributed by atoms with Crippen molar-refractivity contribution in [2.24, 2.45) is 0 Å². The number of carbonyl (C=O) groups is 4. The Balaban J connectivity index is 0.000000119. The number of amides is 6. The fourth-order valence-electron chi connectivity index (χ4n) is 19.1. The lowest BCUT2D eigenvalue weighted by molar-refractivity contribution is -0.133. The van der Waals surface area contributed by atoms with Crippen molar-refractivity contribution in [3.05, 3.63) is 365 Å². The van der Waals surface area contributed by atoms with Crippen molar-refractivity contribution in [2.45, 2.75) is 103 Å². The van der Waals surface area contributed by atoms with Crippen LogP contribution in [-0.2, 0) is 61.0 Å². The lowest BCUT2D eigenvalue weighted by Gasteiger charge is -2.40. The minimum atomic E-state index is -0.0722. The summed E-state index contributed by atoms with van der Waals surface area (Å²) in [5.41, 5.74) is 28.7. The molecule has 20 rings (SSSR count). The van der Waals surface area contributed by atoms with E-state index in [2.05, 4.69) is 197 Å². The van der Waals surface area contributed by atoms with Gasteiger partial charge in [0.25, 0.3) is 0 Å². The molecule has 22 nitrogen and oxygen atoms in total. The first-order valence-electron chi connectivity index (χ1n) is 44.0. The van der Waals surface area contributed by atoms with Gasteiger partial charge in [0, 0.05) is 176 Å². The molecule has 3 unspecified atom stereocenters. The fourth-order valence-corrected chi connectivity index (χ4v) is 19.7. The molecule has 4 aliphatic carbocycles. The maximum atomic E-state index is 12.8. The van der Waals surface area contributed by atoms with E-state index >= 15 is 0 Å². The Morgan fingerprint density at radius 3 is 1.22 bits per heavy atom. The normalized spacial score (nSPS) is 18.5. The van der Waals surface area contributed by atoms with Gasteiger partial charge in [-0.1, -0.05) is 143 Å². The van der Waals surface area contributed by atoms with Crippen molar-refractivity contribution in [3.63, 3.8) is 0 Å². The zero-order chi connectivity index (χ0) is 86.6.